The second-order valence-electron chi connectivity index (χ2n) is 8.55. The third-order valence-electron chi connectivity index (χ3n) is 6.32. The number of carbonyl (C=O) groups excluding carboxylic acids is 1. The molecule has 0 spiro atoms. The number of nitrogens with zero attached hydrogens (tertiary/aromatic N) is 3. The summed E-state index contributed by atoms with van der Waals surface area (Å²) in [5, 5.41) is 5.80. The average molecular weight is 483 g/mol. The van der Waals surface area contributed by atoms with Crippen LogP contribution in [0.25, 0.3) is 11.3 Å². The molecule has 5 rings (SSSR count). The first-order valence-electron chi connectivity index (χ1n) is 11.0. The van der Waals surface area contributed by atoms with Crippen LogP contribution in [0, 0.1) is 6.92 Å². The van der Waals surface area contributed by atoms with E-state index >= 15 is 0 Å². The van der Waals surface area contributed by atoms with Gasteiger partial charge in [0.05, 0.1) is 10.6 Å². The van der Waals surface area contributed by atoms with E-state index < -0.39 is 10.0 Å². The number of hydrogen-bond acceptors (Lipinski definition) is 6. The number of thiazole rings is 1. The van der Waals surface area contributed by atoms with Crippen molar-refractivity contribution in [2.45, 2.75) is 24.2 Å². The Hall–Kier alpha value is -2.75. The van der Waals surface area contributed by atoms with E-state index in [1.807, 2.05) is 12.1 Å². The van der Waals surface area contributed by atoms with Crippen molar-refractivity contribution in [3.63, 3.8) is 0 Å². The Morgan fingerprint density at radius 3 is 2.33 bits per heavy atom. The van der Waals surface area contributed by atoms with E-state index in [2.05, 4.69) is 46.8 Å². The van der Waals surface area contributed by atoms with Gasteiger partial charge in [-0.2, -0.15) is 4.31 Å². The summed E-state index contributed by atoms with van der Waals surface area (Å²) < 4.78 is 27.9. The standard InChI is InChI=1S/C24H26N4O3S2/c1-17-2-4-19(5-3-17)22-16-32-24(26-22)27-10-12-28(13-11-27)33(30,31)21-8-6-18(7-9-21)20-14-23(29)25-15-20/h2-9,16,20H,10-15H2,1H3,(H,25,29)/t20-/m1/s1. The Morgan fingerprint density at radius 1 is 1.00 bits per heavy atom. The number of anilines is 1. The van der Waals surface area contributed by atoms with E-state index in [0.29, 0.717) is 44.0 Å². The predicted octanol–water partition coefficient (Wildman–Crippen LogP) is 3.23. The Labute approximate surface area is 198 Å². The van der Waals surface area contributed by atoms with Gasteiger partial charge in [0, 0.05) is 56.0 Å². The summed E-state index contributed by atoms with van der Waals surface area (Å²) in [6, 6.07) is 15.3. The predicted molar refractivity (Wildman–Crippen MR) is 130 cm³/mol. The molecule has 33 heavy (non-hydrogen) atoms. The van der Waals surface area contributed by atoms with Crippen molar-refractivity contribution >= 4 is 32.4 Å². The van der Waals surface area contributed by atoms with Crippen molar-refractivity contribution in [3.8, 4) is 11.3 Å². The van der Waals surface area contributed by atoms with Crippen molar-refractivity contribution < 1.29 is 13.2 Å². The highest BCUT2D eigenvalue weighted by Gasteiger charge is 2.30. The fourth-order valence-electron chi connectivity index (χ4n) is 4.29. The molecular formula is C24H26N4O3S2. The number of aryl methyl sites for hydroxylation is 1. The number of nitrogens with one attached hydrogen (secondary N) is 1. The van der Waals surface area contributed by atoms with Crippen LogP contribution in [0.2, 0.25) is 0 Å². The van der Waals surface area contributed by atoms with Crippen LogP contribution in [-0.4, -0.2) is 56.3 Å². The average Bonchev–Trinajstić information content (AvgIpc) is 3.49. The minimum atomic E-state index is -3.55. The lowest BCUT2D eigenvalue weighted by Crippen LogP contribution is -2.48. The largest absolute Gasteiger partial charge is 0.355 e. The molecule has 3 heterocycles. The lowest BCUT2D eigenvalue weighted by atomic mass is 9.99. The summed E-state index contributed by atoms with van der Waals surface area (Å²) in [7, 11) is -3.55. The molecule has 1 atom stereocenters. The fourth-order valence-corrected chi connectivity index (χ4v) is 6.60. The molecule has 9 heteroatoms. The van der Waals surface area contributed by atoms with Gasteiger partial charge in [-0.3, -0.25) is 4.79 Å². The third-order valence-corrected chi connectivity index (χ3v) is 9.13. The topological polar surface area (TPSA) is 82.6 Å². The monoisotopic (exact) mass is 482 g/mol. The maximum absolute atomic E-state index is 13.2. The highest BCUT2D eigenvalue weighted by molar-refractivity contribution is 7.89. The molecule has 2 saturated heterocycles. The molecule has 1 N–H and O–H groups in total. The Kier molecular flexibility index (Phi) is 5.94. The van der Waals surface area contributed by atoms with Crippen LogP contribution in [0.4, 0.5) is 5.13 Å². The van der Waals surface area contributed by atoms with Crippen molar-refractivity contribution in [1.82, 2.24) is 14.6 Å². The number of carbonyl (C=O) groups is 1. The van der Waals surface area contributed by atoms with Gasteiger partial charge in [0.1, 0.15) is 0 Å². The minimum absolute atomic E-state index is 0.0424. The van der Waals surface area contributed by atoms with Crippen LogP contribution < -0.4 is 10.2 Å². The highest BCUT2D eigenvalue weighted by Crippen LogP contribution is 2.30. The molecule has 1 amide bonds. The number of benzene rings is 2. The number of sulfonamides is 1. The maximum Gasteiger partial charge on any atom is 0.243 e. The van der Waals surface area contributed by atoms with Gasteiger partial charge in [-0.1, -0.05) is 42.0 Å². The molecule has 0 unspecified atom stereocenters. The SMILES string of the molecule is Cc1ccc(-c2csc(N3CCN(S(=O)(=O)c4ccc([C@H]5CNC(=O)C5)cc4)CC3)n2)cc1. The molecule has 7 nitrogen and oxygen atoms in total. The van der Waals surface area contributed by atoms with Crippen LogP contribution in [0.5, 0.6) is 0 Å². The summed E-state index contributed by atoms with van der Waals surface area (Å²) in [5.74, 6) is 0.154. The van der Waals surface area contributed by atoms with E-state index in [1.165, 1.54) is 5.56 Å². The van der Waals surface area contributed by atoms with Gasteiger partial charge in [0.2, 0.25) is 15.9 Å². The summed E-state index contributed by atoms with van der Waals surface area (Å²) in [6.07, 6.45) is 0.455. The van der Waals surface area contributed by atoms with Crippen molar-refractivity contribution in [2.75, 3.05) is 37.6 Å². The quantitative estimate of drug-likeness (QED) is 0.604. The van der Waals surface area contributed by atoms with E-state index in [0.717, 1.165) is 22.0 Å². The number of hydrogen-bond donors (Lipinski definition) is 1. The molecule has 0 saturated carbocycles. The summed E-state index contributed by atoms with van der Waals surface area (Å²) in [4.78, 5) is 18.7. The maximum atomic E-state index is 13.2. The van der Waals surface area contributed by atoms with Gasteiger partial charge in [-0.05, 0) is 24.6 Å². The zero-order valence-corrected chi connectivity index (χ0v) is 20.0. The van der Waals surface area contributed by atoms with E-state index in [1.54, 1.807) is 27.8 Å². The van der Waals surface area contributed by atoms with Crippen LogP contribution in [0.1, 0.15) is 23.5 Å². The molecule has 172 valence electrons. The highest BCUT2D eigenvalue weighted by atomic mass is 32.2. The minimum Gasteiger partial charge on any atom is -0.355 e. The Morgan fingerprint density at radius 2 is 1.70 bits per heavy atom. The Bertz CT molecular complexity index is 1250. The molecule has 2 aliphatic rings. The number of rotatable bonds is 5. The number of aromatic nitrogens is 1. The molecule has 3 aromatic rings. The lowest BCUT2D eigenvalue weighted by molar-refractivity contribution is -0.119. The van der Waals surface area contributed by atoms with Gasteiger partial charge in [0.15, 0.2) is 5.13 Å². The first-order chi connectivity index (χ1) is 15.9. The second-order valence-corrected chi connectivity index (χ2v) is 11.3. The van der Waals surface area contributed by atoms with Crippen LogP contribution in [0.3, 0.4) is 0 Å². The van der Waals surface area contributed by atoms with E-state index in [-0.39, 0.29) is 11.8 Å². The van der Waals surface area contributed by atoms with E-state index in [4.69, 9.17) is 4.98 Å². The molecule has 2 fully saturated rings. The van der Waals surface area contributed by atoms with Crippen molar-refractivity contribution in [3.05, 3.63) is 65.0 Å². The van der Waals surface area contributed by atoms with Crippen LogP contribution >= 0.6 is 11.3 Å². The zero-order chi connectivity index (χ0) is 23.0. The number of piperazine rings is 1. The zero-order valence-electron chi connectivity index (χ0n) is 18.4. The van der Waals surface area contributed by atoms with Gasteiger partial charge in [0.25, 0.3) is 0 Å². The van der Waals surface area contributed by atoms with Crippen molar-refractivity contribution in [1.29, 1.82) is 0 Å². The molecule has 2 aliphatic heterocycles. The lowest BCUT2D eigenvalue weighted by Gasteiger charge is -2.33. The summed E-state index contributed by atoms with van der Waals surface area (Å²) in [6.45, 7) is 4.72. The second kappa shape index (κ2) is 8.89. The van der Waals surface area contributed by atoms with Crippen molar-refractivity contribution in [2.24, 2.45) is 0 Å². The van der Waals surface area contributed by atoms with Gasteiger partial charge in [-0.15, -0.1) is 11.3 Å². The summed E-state index contributed by atoms with van der Waals surface area (Å²) in [5.41, 5.74) is 4.24. The summed E-state index contributed by atoms with van der Waals surface area (Å²) >= 11 is 1.59. The van der Waals surface area contributed by atoms with Crippen LogP contribution in [0.15, 0.2) is 58.8 Å². The van der Waals surface area contributed by atoms with Gasteiger partial charge in [-0.25, -0.2) is 13.4 Å². The van der Waals surface area contributed by atoms with Gasteiger partial charge >= 0.3 is 0 Å². The van der Waals surface area contributed by atoms with Crippen LogP contribution in [-0.2, 0) is 14.8 Å². The molecule has 2 aromatic carbocycles. The molecule has 1 aromatic heterocycles. The van der Waals surface area contributed by atoms with E-state index in [9.17, 15) is 13.2 Å². The Balaban J connectivity index is 1.23. The first-order valence-corrected chi connectivity index (χ1v) is 13.4. The fraction of sp³-hybridized carbons (Fsp3) is 0.333. The third kappa shape index (κ3) is 4.53. The smallest absolute Gasteiger partial charge is 0.243 e. The molecule has 0 aliphatic carbocycles. The molecular weight excluding hydrogens is 456 g/mol. The first kappa shape index (κ1) is 22.1. The van der Waals surface area contributed by atoms with Gasteiger partial charge < -0.3 is 10.2 Å². The normalized spacial score (nSPS) is 19.6. The molecule has 0 bridgehead atoms. The number of amides is 1. The molecule has 0 radical (unpaired) electrons.